The van der Waals surface area contributed by atoms with Gasteiger partial charge in [-0.1, -0.05) is 48.6 Å². The molecule has 0 heterocycles. The van der Waals surface area contributed by atoms with E-state index in [1.54, 1.807) is 81.3 Å². The van der Waals surface area contributed by atoms with Crippen molar-refractivity contribution in [3.05, 3.63) is 83.5 Å². The lowest BCUT2D eigenvalue weighted by atomic mass is 9.99. The largest absolute Gasteiger partial charge is 0.480 e. The second kappa shape index (κ2) is 11.4. The van der Waals surface area contributed by atoms with E-state index in [9.17, 15) is 19.5 Å². The average Bonchev–Trinajstić information content (AvgIpc) is 3.00. The van der Waals surface area contributed by atoms with Crippen LogP contribution in [0, 0.1) is 0 Å². The van der Waals surface area contributed by atoms with Crippen LogP contribution in [0.3, 0.4) is 0 Å². The first-order valence-electron chi connectivity index (χ1n) is 9.90. The van der Waals surface area contributed by atoms with Crippen LogP contribution in [0.4, 0.5) is 4.79 Å². The number of hydrogen-bond acceptors (Lipinski definition) is 6. The number of amides is 1. The van der Waals surface area contributed by atoms with Crippen molar-refractivity contribution in [3.63, 3.8) is 0 Å². The lowest BCUT2D eigenvalue weighted by molar-refractivity contribution is -0.140. The molecular weight excluding hydrogens is 412 g/mol. The maximum atomic E-state index is 12.4. The maximum absolute atomic E-state index is 12.4. The molecule has 0 aromatic heterocycles. The molecule has 1 aromatic carbocycles. The van der Waals surface area contributed by atoms with Gasteiger partial charge in [-0.25, -0.2) is 14.4 Å². The summed E-state index contributed by atoms with van der Waals surface area (Å²) < 4.78 is 10.7. The van der Waals surface area contributed by atoms with Gasteiger partial charge in [0.05, 0.1) is 6.04 Å². The van der Waals surface area contributed by atoms with Gasteiger partial charge < -0.3 is 25.2 Å². The summed E-state index contributed by atoms with van der Waals surface area (Å²) >= 11 is 0. The molecule has 0 aliphatic heterocycles. The van der Waals surface area contributed by atoms with Crippen LogP contribution >= 0.6 is 0 Å². The highest BCUT2D eigenvalue weighted by Crippen LogP contribution is 2.20. The van der Waals surface area contributed by atoms with Gasteiger partial charge in [-0.3, -0.25) is 0 Å². The van der Waals surface area contributed by atoms with Crippen molar-refractivity contribution in [2.45, 2.75) is 38.5 Å². The number of alkyl carbamates (subject to hydrolysis) is 1. The van der Waals surface area contributed by atoms with E-state index in [1.807, 2.05) is 6.08 Å². The molecule has 0 radical (unpaired) electrons. The Balaban J connectivity index is 2.23. The number of rotatable bonds is 9. The highest BCUT2D eigenvalue weighted by Gasteiger charge is 2.33. The standard InChI is InChI=1S/C24H26N2O6/c1-24(2,3)32-23(30)26-20(18-13-9-6-10-14-18)21(22(28)29)25-19(15-27)31-16-17-11-7-4-5-8-12-17/h4-11,13-14,20-21,25H,16H2,1-3H3,(H,26,30)(H,28,29)/t20-,21+/m0/s1. The Morgan fingerprint density at radius 2 is 1.84 bits per heavy atom. The highest BCUT2D eigenvalue weighted by molar-refractivity contribution is 5.77. The normalized spacial score (nSPS) is 14.3. The topological polar surface area (TPSA) is 114 Å². The van der Waals surface area contributed by atoms with Gasteiger partial charge in [0.15, 0.2) is 12.0 Å². The molecule has 0 bridgehead atoms. The predicted octanol–water partition coefficient (Wildman–Crippen LogP) is 3.19. The molecule has 0 spiro atoms. The molecule has 2 rings (SSSR count). The molecule has 1 aromatic rings. The molecule has 168 valence electrons. The third-order valence-electron chi connectivity index (χ3n) is 4.07. The van der Waals surface area contributed by atoms with Gasteiger partial charge in [0.1, 0.15) is 12.2 Å². The summed E-state index contributed by atoms with van der Waals surface area (Å²) in [6.45, 7) is 5.05. The zero-order valence-corrected chi connectivity index (χ0v) is 18.1. The van der Waals surface area contributed by atoms with E-state index < -0.39 is 35.6 Å². The van der Waals surface area contributed by atoms with Crippen molar-refractivity contribution in [3.8, 4) is 0 Å². The molecule has 8 nitrogen and oxygen atoms in total. The first kappa shape index (κ1) is 24.3. The SMILES string of the molecule is CC(C)(C)OC(=O)N[C@@H](c1ccccc1)[C@@H](NC(=C=O)OCC1=C=CC=CC=C1)C(=O)O. The third kappa shape index (κ3) is 8.03. The summed E-state index contributed by atoms with van der Waals surface area (Å²) in [7, 11) is 0. The Bertz CT molecular complexity index is 991. The maximum Gasteiger partial charge on any atom is 0.408 e. The van der Waals surface area contributed by atoms with Gasteiger partial charge in [0, 0.05) is 5.57 Å². The minimum Gasteiger partial charge on any atom is -0.480 e. The van der Waals surface area contributed by atoms with E-state index in [1.165, 1.54) is 0 Å². The van der Waals surface area contributed by atoms with Crippen LogP contribution in [-0.4, -0.2) is 41.4 Å². The van der Waals surface area contributed by atoms with Gasteiger partial charge in [0.25, 0.3) is 5.88 Å². The second-order valence-electron chi connectivity index (χ2n) is 7.79. The lowest BCUT2D eigenvalue weighted by Gasteiger charge is -2.28. The summed E-state index contributed by atoms with van der Waals surface area (Å²) in [6.07, 6.45) is 8.00. The summed E-state index contributed by atoms with van der Waals surface area (Å²) in [5.41, 5.74) is 3.32. The fraction of sp³-hybridized carbons (Fsp3) is 0.292. The van der Waals surface area contributed by atoms with Gasteiger partial charge in [-0.2, -0.15) is 0 Å². The fourth-order valence-corrected chi connectivity index (χ4v) is 2.72. The molecule has 3 N–H and O–H groups in total. The van der Waals surface area contributed by atoms with E-state index >= 15 is 0 Å². The minimum absolute atomic E-state index is 0.0336. The van der Waals surface area contributed by atoms with Crippen LogP contribution in [0.2, 0.25) is 0 Å². The number of aliphatic carboxylic acids is 1. The monoisotopic (exact) mass is 438 g/mol. The minimum atomic E-state index is -1.45. The molecule has 8 heteroatoms. The van der Waals surface area contributed by atoms with Crippen molar-refractivity contribution < 1.29 is 29.0 Å². The van der Waals surface area contributed by atoms with E-state index in [4.69, 9.17) is 9.47 Å². The van der Waals surface area contributed by atoms with Crippen LogP contribution in [0.25, 0.3) is 0 Å². The lowest BCUT2D eigenvalue weighted by Crippen LogP contribution is -2.49. The third-order valence-corrected chi connectivity index (χ3v) is 4.07. The Morgan fingerprint density at radius 3 is 2.47 bits per heavy atom. The van der Waals surface area contributed by atoms with Crippen LogP contribution < -0.4 is 10.6 Å². The van der Waals surface area contributed by atoms with Gasteiger partial charge in [-0.05, 0) is 38.5 Å². The Hall–Kier alpha value is -3.99. The summed E-state index contributed by atoms with van der Waals surface area (Å²) in [5, 5.41) is 15.0. The quantitative estimate of drug-likeness (QED) is 0.308. The first-order chi connectivity index (χ1) is 15.2. The Labute approximate surface area is 186 Å². The van der Waals surface area contributed by atoms with Crippen molar-refractivity contribution in [2.24, 2.45) is 0 Å². The number of carbonyl (C=O) groups excluding carboxylic acids is 2. The second-order valence-corrected chi connectivity index (χ2v) is 7.79. The summed E-state index contributed by atoms with van der Waals surface area (Å²) in [6, 6.07) is 5.96. The van der Waals surface area contributed by atoms with Crippen molar-refractivity contribution in [1.29, 1.82) is 0 Å². The van der Waals surface area contributed by atoms with E-state index in [0.29, 0.717) is 11.1 Å². The molecule has 1 amide bonds. The molecule has 0 fully saturated rings. The zero-order chi connectivity index (χ0) is 23.6. The Morgan fingerprint density at radius 1 is 1.12 bits per heavy atom. The average molecular weight is 438 g/mol. The zero-order valence-electron chi connectivity index (χ0n) is 18.1. The van der Waals surface area contributed by atoms with Gasteiger partial charge in [-0.15, -0.1) is 5.73 Å². The summed E-state index contributed by atoms with van der Waals surface area (Å²) in [4.78, 5) is 35.9. The van der Waals surface area contributed by atoms with Crippen molar-refractivity contribution in [2.75, 3.05) is 6.61 Å². The smallest absolute Gasteiger partial charge is 0.408 e. The van der Waals surface area contributed by atoms with Gasteiger partial charge >= 0.3 is 12.1 Å². The van der Waals surface area contributed by atoms with E-state index in [2.05, 4.69) is 16.4 Å². The van der Waals surface area contributed by atoms with E-state index in [0.717, 1.165) is 0 Å². The van der Waals surface area contributed by atoms with Crippen LogP contribution in [0.1, 0.15) is 32.4 Å². The molecule has 32 heavy (non-hydrogen) atoms. The Kier molecular flexibility index (Phi) is 8.66. The number of carbonyl (C=O) groups is 2. The van der Waals surface area contributed by atoms with Crippen molar-refractivity contribution in [1.82, 2.24) is 10.6 Å². The first-order valence-corrected chi connectivity index (χ1v) is 9.90. The fourth-order valence-electron chi connectivity index (χ4n) is 2.72. The van der Waals surface area contributed by atoms with Crippen LogP contribution in [0.15, 0.2) is 77.9 Å². The van der Waals surface area contributed by atoms with Crippen molar-refractivity contribution >= 4 is 18.0 Å². The molecule has 1 aliphatic carbocycles. The van der Waals surface area contributed by atoms with Gasteiger partial charge in [0.2, 0.25) is 0 Å². The van der Waals surface area contributed by atoms with E-state index in [-0.39, 0.29) is 6.61 Å². The van der Waals surface area contributed by atoms with Crippen LogP contribution in [0.5, 0.6) is 0 Å². The number of ether oxygens (including phenoxy) is 2. The number of nitrogens with one attached hydrogen (secondary N) is 2. The number of allylic oxidation sites excluding steroid dienone is 3. The highest BCUT2D eigenvalue weighted by atomic mass is 16.6. The number of carboxylic acids is 1. The molecule has 0 saturated carbocycles. The molecule has 2 atom stereocenters. The molecule has 0 unspecified atom stereocenters. The number of benzene rings is 1. The molecule has 0 saturated heterocycles. The van der Waals surface area contributed by atoms with Crippen LogP contribution in [-0.2, 0) is 19.1 Å². The predicted molar refractivity (Wildman–Crippen MR) is 118 cm³/mol. The molecule has 1 aliphatic rings. The number of carboxylic acid groups (broad SMARTS) is 1. The summed E-state index contributed by atoms with van der Waals surface area (Å²) in [5.74, 6) is -0.153. The number of hydrogen-bond donors (Lipinski definition) is 3. The molecular formula is C24H26N2O6.